The van der Waals surface area contributed by atoms with Gasteiger partial charge in [0, 0.05) is 25.2 Å². The highest BCUT2D eigenvalue weighted by Gasteiger charge is 2.47. The van der Waals surface area contributed by atoms with E-state index >= 15 is 0 Å². The maximum absolute atomic E-state index is 12.8. The zero-order valence-corrected chi connectivity index (χ0v) is 15.8. The number of piperidine rings is 1. The van der Waals surface area contributed by atoms with Gasteiger partial charge in [-0.2, -0.15) is 5.10 Å². The summed E-state index contributed by atoms with van der Waals surface area (Å²) < 4.78 is 0. The first-order valence-corrected chi connectivity index (χ1v) is 9.44. The number of rotatable bonds is 3. The summed E-state index contributed by atoms with van der Waals surface area (Å²) >= 11 is 0. The fraction of sp³-hybridized carbons (Fsp3) is 0.450. The van der Waals surface area contributed by atoms with Crippen molar-refractivity contribution in [3.8, 4) is 17.0 Å². The molecule has 3 N–H and O–H groups in total. The van der Waals surface area contributed by atoms with Gasteiger partial charge in [0.25, 0.3) is 5.91 Å². The first kappa shape index (κ1) is 18.5. The molecule has 4 rings (SSSR count). The minimum atomic E-state index is -0.767. The van der Waals surface area contributed by atoms with E-state index in [4.69, 9.17) is 0 Å². The number of benzene rings is 1. The lowest BCUT2D eigenvalue weighted by Gasteiger charge is -2.39. The second-order valence-electron chi connectivity index (χ2n) is 7.98. The van der Waals surface area contributed by atoms with Gasteiger partial charge in [-0.05, 0) is 62.1 Å². The Balaban J connectivity index is 1.41. The number of hydrogen-bond donors (Lipinski definition) is 3. The molecule has 2 aromatic rings. The van der Waals surface area contributed by atoms with Crippen LogP contribution in [-0.4, -0.2) is 74.8 Å². The van der Waals surface area contributed by atoms with Crippen LogP contribution in [0.15, 0.2) is 30.3 Å². The Morgan fingerprint density at radius 2 is 1.89 bits per heavy atom. The predicted octanol–water partition coefficient (Wildman–Crippen LogP) is 1.79. The average molecular weight is 384 g/mol. The van der Waals surface area contributed by atoms with Crippen LogP contribution in [0.4, 0.5) is 0 Å². The van der Waals surface area contributed by atoms with Gasteiger partial charge in [0.2, 0.25) is 0 Å². The van der Waals surface area contributed by atoms with Crippen LogP contribution in [0.1, 0.15) is 29.8 Å². The van der Waals surface area contributed by atoms with E-state index in [1.54, 1.807) is 30.3 Å². The van der Waals surface area contributed by atoms with Gasteiger partial charge in [0.05, 0.1) is 5.69 Å². The van der Waals surface area contributed by atoms with Crippen molar-refractivity contribution in [2.24, 2.45) is 5.41 Å². The summed E-state index contributed by atoms with van der Waals surface area (Å²) in [6.45, 7) is 2.00. The second kappa shape index (κ2) is 6.94. The predicted molar refractivity (Wildman–Crippen MR) is 102 cm³/mol. The van der Waals surface area contributed by atoms with Crippen LogP contribution in [0.5, 0.6) is 5.75 Å². The standard InChI is InChI=1S/C20H24N4O4/c1-23-12-20(11-17(23)19(27)28)6-8-24(9-7-20)18(26)16-10-15(21-22-16)13-2-4-14(25)5-3-13/h2-5,10,17,25H,6-9,11-12H2,1H3,(H,21,22)(H,27,28)/t17-/m1/s1. The number of nitrogens with zero attached hydrogens (tertiary/aromatic N) is 3. The van der Waals surface area contributed by atoms with Crippen LogP contribution < -0.4 is 0 Å². The number of aromatic amines is 1. The van der Waals surface area contributed by atoms with E-state index in [0.717, 1.165) is 24.9 Å². The highest BCUT2D eigenvalue weighted by atomic mass is 16.4. The summed E-state index contributed by atoms with van der Waals surface area (Å²) in [5, 5.41) is 25.8. The van der Waals surface area contributed by atoms with Crippen molar-refractivity contribution < 1.29 is 19.8 Å². The number of aromatic nitrogens is 2. The average Bonchev–Trinajstić information content (AvgIpc) is 3.28. The number of nitrogens with one attached hydrogen (secondary N) is 1. The molecule has 148 valence electrons. The molecule has 1 aromatic carbocycles. The van der Waals surface area contributed by atoms with Crippen LogP contribution in [-0.2, 0) is 4.79 Å². The summed E-state index contributed by atoms with van der Waals surface area (Å²) in [7, 11) is 1.86. The zero-order valence-electron chi connectivity index (χ0n) is 15.8. The molecule has 1 atom stereocenters. The van der Waals surface area contributed by atoms with Gasteiger partial charge in [-0.3, -0.25) is 19.6 Å². The normalized spacial score (nSPS) is 21.9. The molecule has 0 saturated carbocycles. The van der Waals surface area contributed by atoms with Crippen molar-refractivity contribution in [2.45, 2.75) is 25.3 Å². The monoisotopic (exact) mass is 384 g/mol. The molecule has 3 heterocycles. The molecule has 2 aliphatic heterocycles. The summed E-state index contributed by atoms with van der Waals surface area (Å²) in [5.74, 6) is -0.675. The van der Waals surface area contributed by atoms with E-state index in [0.29, 0.717) is 30.9 Å². The van der Waals surface area contributed by atoms with Crippen molar-refractivity contribution >= 4 is 11.9 Å². The molecule has 2 saturated heterocycles. The van der Waals surface area contributed by atoms with E-state index in [1.165, 1.54) is 0 Å². The maximum atomic E-state index is 12.8. The number of amides is 1. The van der Waals surface area contributed by atoms with Crippen molar-refractivity contribution in [3.63, 3.8) is 0 Å². The molecule has 1 amide bonds. The van der Waals surface area contributed by atoms with E-state index < -0.39 is 12.0 Å². The molecule has 8 nitrogen and oxygen atoms in total. The summed E-state index contributed by atoms with van der Waals surface area (Å²) in [4.78, 5) is 28.0. The Labute approximate surface area is 162 Å². The van der Waals surface area contributed by atoms with Gasteiger partial charge in [-0.15, -0.1) is 0 Å². The minimum Gasteiger partial charge on any atom is -0.508 e. The Morgan fingerprint density at radius 3 is 2.50 bits per heavy atom. The number of carboxylic acids is 1. The van der Waals surface area contributed by atoms with Crippen LogP contribution in [0, 0.1) is 5.41 Å². The number of hydrogen-bond acceptors (Lipinski definition) is 5. The number of phenols is 1. The molecule has 1 spiro atoms. The van der Waals surface area contributed by atoms with Crippen molar-refractivity contribution in [2.75, 3.05) is 26.7 Å². The van der Waals surface area contributed by atoms with Crippen molar-refractivity contribution in [3.05, 3.63) is 36.0 Å². The van der Waals surface area contributed by atoms with Crippen LogP contribution in [0.3, 0.4) is 0 Å². The van der Waals surface area contributed by atoms with Crippen molar-refractivity contribution in [1.29, 1.82) is 0 Å². The first-order chi connectivity index (χ1) is 13.4. The van der Waals surface area contributed by atoms with E-state index in [2.05, 4.69) is 10.2 Å². The lowest BCUT2D eigenvalue weighted by atomic mass is 9.76. The Kier molecular flexibility index (Phi) is 4.58. The summed E-state index contributed by atoms with van der Waals surface area (Å²) in [6.07, 6.45) is 2.27. The molecule has 0 radical (unpaired) electrons. The Hall–Kier alpha value is -2.87. The quantitative estimate of drug-likeness (QED) is 0.744. The largest absolute Gasteiger partial charge is 0.508 e. The summed E-state index contributed by atoms with van der Waals surface area (Å²) in [5.41, 5.74) is 1.89. The zero-order chi connectivity index (χ0) is 19.9. The number of carboxylic acid groups (broad SMARTS) is 1. The van der Waals surface area contributed by atoms with Crippen molar-refractivity contribution in [1.82, 2.24) is 20.0 Å². The molecule has 28 heavy (non-hydrogen) atoms. The number of phenolic OH excluding ortho intramolecular Hbond substituents is 1. The fourth-order valence-corrected chi connectivity index (χ4v) is 4.47. The number of likely N-dealkylation sites (tertiary alicyclic amines) is 2. The molecule has 0 unspecified atom stereocenters. The van der Waals surface area contributed by atoms with Gasteiger partial charge in [-0.25, -0.2) is 0 Å². The van der Waals surface area contributed by atoms with Gasteiger partial charge in [0.15, 0.2) is 0 Å². The molecular weight excluding hydrogens is 360 g/mol. The lowest BCUT2D eigenvalue weighted by molar-refractivity contribution is -0.141. The Morgan fingerprint density at radius 1 is 1.21 bits per heavy atom. The number of carbonyl (C=O) groups is 2. The minimum absolute atomic E-state index is 0.0141. The topological polar surface area (TPSA) is 110 Å². The highest BCUT2D eigenvalue weighted by Crippen LogP contribution is 2.43. The van der Waals surface area contributed by atoms with Crippen LogP contribution in [0.25, 0.3) is 11.3 Å². The lowest BCUT2D eigenvalue weighted by Crippen LogP contribution is -2.44. The molecule has 1 aromatic heterocycles. The molecule has 8 heteroatoms. The molecule has 0 aliphatic carbocycles. The molecule has 2 aliphatic rings. The second-order valence-corrected chi connectivity index (χ2v) is 7.98. The third-order valence-corrected chi connectivity index (χ3v) is 6.11. The number of aliphatic carboxylic acids is 1. The van der Waals surface area contributed by atoms with Crippen LogP contribution >= 0.6 is 0 Å². The third-order valence-electron chi connectivity index (χ3n) is 6.11. The van der Waals surface area contributed by atoms with Gasteiger partial charge in [0.1, 0.15) is 17.5 Å². The van der Waals surface area contributed by atoms with E-state index in [-0.39, 0.29) is 17.1 Å². The maximum Gasteiger partial charge on any atom is 0.320 e. The SMILES string of the molecule is CN1CC2(CCN(C(=O)c3cc(-c4ccc(O)cc4)n[nH]3)CC2)C[C@@H]1C(=O)O. The van der Waals surface area contributed by atoms with E-state index in [9.17, 15) is 19.8 Å². The molecular formula is C20H24N4O4. The van der Waals surface area contributed by atoms with Gasteiger partial charge >= 0.3 is 5.97 Å². The smallest absolute Gasteiger partial charge is 0.320 e. The third kappa shape index (κ3) is 3.35. The highest BCUT2D eigenvalue weighted by molar-refractivity contribution is 5.93. The molecule has 2 fully saturated rings. The van der Waals surface area contributed by atoms with Gasteiger partial charge in [-0.1, -0.05) is 0 Å². The number of aromatic hydroxyl groups is 1. The van der Waals surface area contributed by atoms with E-state index in [1.807, 2.05) is 16.8 Å². The fourth-order valence-electron chi connectivity index (χ4n) is 4.47. The Bertz CT molecular complexity index is 884. The summed E-state index contributed by atoms with van der Waals surface area (Å²) in [6, 6.07) is 7.96. The molecule has 0 bridgehead atoms. The number of H-pyrrole nitrogens is 1. The number of likely N-dealkylation sites (N-methyl/N-ethyl adjacent to an activating group) is 1. The first-order valence-electron chi connectivity index (χ1n) is 9.44. The van der Waals surface area contributed by atoms with Crippen LogP contribution in [0.2, 0.25) is 0 Å². The van der Waals surface area contributed by atoms with Gasteiger partial charge < -0.3 is 15.1 Å². The number of carbonyl (C=O) groups excluding carboxylic acids is 1.